The standard InChI is InChI=1S/C13H9BrOS/c14-13-6-5-11(16-13)8-10-7-9-3-1-2-4-12(9)15-10/h1-7H,8H2. The third-order valence-corrected chi connectivity index (χ3v) is 4.08. The molecule has 3 rings (SSSR count). The first kappa shape index (κ1) is 10.1. The van der Waals surface area contributed by atoms with Crippen molar-refractivity contribution in [3.8, 4) is 0 Å². The molecule has 0 amide bonds. The second-order valence-corrected chi connectivity index (χ2v) is 6.18. The number of fused-ring (bicyclic) bond motifs is 1. The molecule has 80 valence electrons. The van der Waals surface area contributed by atoms with E-state index in [1.165, 1.54) is 14.0 Å². The largest absolute Gasteiger partial charge is 0.461 e. The van der Waals surface area contributed by atoms with Gasteiger partial charge in [0.1, 0.15) is 11.3 Å². The lowest BCUT2D eigenvalue weighted by molar-refractivity contribution is 0.564. The van der Waals surface area contributed by atoms with Gasteiger partial charge < -0.3 is 4.42 Å². The van der Waals surface area contributed by atoms with Crippen LogP contribution < -0.4 is 0 Å². The number of hydrogen-bond donors (Lipinski definition) is 0. The maximum atomic E-state index is 5.77. The molecule has 0 saturated carbocycles. The van der Waals surface area contributed by atoms with E-state index >= 15 is 0 Å². The minimum Gasteiger partial charge on any atom is -0.461 e. The fourth-order valence-corrected chi connectivity index (χ4v) is 3.24. The van der Waals surface area contributed by atoms with Gasteiger partial charge in [0.15, 0.2) is 0 Å². The van der Waals surface area contributed by atoms with Crippen LogP contribution in [-0.2, 0) is 6.42 Å². The predicted octanol–water partition coefficient (Wildman–Crippen LogP) is 4.85. The molecule has 0 saturated heterocycles. The fourth-order valence-electron chi connectivity index (χ4n) is 1.74. The van der Waals surface area contributed by atoms with Gasteiger partial charge in [-0.2, -0.15) is 0 Å². The Morgan fingerprint density at radius 3 is 2.75 bits per heavy atom. The molecule has 0 radical (unpaired) electrons. The summed E-state index contributed by atoms with van der Waals surface area (Å²) < 4.78 is 6.94. The van der Waals surface area contributed by atoms with Crippen LogP contribution in [0, 0.1) is 0 Å². The summed E-state index contributed by atoms with van der Waals surface area (Å²) in [5.74, 6) is 1.02. The summed E-state index contributed by atoms with van der Waals surface area (Å²) in [6.45, 7) is 0. The van der Waals surface area contributed by atoms with Crippen LogP contribution in [0.3, 0.4) is 0 Å². The molecule has 3 aromatic rings. The van der Waals surface area contributed by atoms with E-state index in [1.807, 2.05) is 18.2 Å². The number of para-hydroxylation sites is 1. The Hall–Kier alpha value is -1.06. The number of benzene rings is 1. The van der Waals surface area contributed by atoms with Crippen LogP contribution >= 0.6 is 27.3 Å². The van der Waals surface area contributed by atoms with Gasteiger partial charge in [-0.25, -0.2) is 0 Å². The molecule has 0 atom stereocenters. The molecule has 1 nitrogen and oxygen atoms in total. The highest BCUT2D eigenvalue weighted by Crippen LogP contribution is 2.26. The molecule has 3 heteroatoms. The van der Waals surface area contributed by atoms with Crippen molar-refractivity contribution in [3.05, 3.63) is 56.9 Å². The summed E-state index contributed by atoms with van der Waals surface area (Å²) in [4.78, 5) is 1.31. The summed E-state index contributed by atoms with van der Waals surface area (Å²) in [6.07, 6.45) is 0.866. The molecule has 0 unspecified atom stereocenters. The molecule has 1 aromatic carbocycles. The zero-order valence-corrected chi connectivity index (χ0v) is 10.8. The predicted molar refractivity (Wildman–Crippen MR) is 71.0 cm³/mol. The first-order chi connectivity index (χ1) is 7.81. The van der Waals surface area contributed by atoms with Crippen molar-refractivity contribution in [2.75, 3.05) is 0 Å². The van der Waals surface area contributed by atoms with Gasteiger partial charge in [-0.1, -0.05) is 18.2 Å². The second kappa shape index (κ2) is 4.07. The summed E-state index contributed by atoms with van der Waals surface area (Å²) in [5, 5.41) is 1.17. The molecule has 0 fully saturated rings. The van der Waals surface area contributed by atoms with Gasteiger partial charge in [-0.3, -0.25) is 0 Å². The van der Waals surface area contributed by atoms with Crippen LogP contribution in [0.4, 0.5) is 0 Å². The molecule has 0 aliphatic heterocycles. The molecule has 0 aliphatic carbocycles. The van der Waals surface area contributed by atoms with Crippen LogP contribution in [0.2, 0.25) is 0 Å². The molecule has 2 aromatic heterocycles. The van der Waals surface area contributed by atoms with E-state index in [0.29, 0.717) is 0 Å². The Kier molecular flexibility index (Phi) is 2.58. The fraction of sp³-hybridized carbons (Fsp3) is 0.0769. The summed E-state index contributed by atoms with van der Waals surface area (Å²) in [6, 6.07) is 14.4. The highest BCUT2D eigenvalue weighted by atomic mass is 79.9. The van der Waals surface area contributed by atoms with Crippen LogP contribution in [0.1, 0.15) is 10.6 Å². The Balaban J connectivity index is 1.95. The van der Waals surface area contributed by atoms with Gasteiger partial charge in [0.2, 0.25) is 0 Å². The molecule has 2 heterocycles. The minimum atomic E-state index is 0.866. The van der Waals surface area contributed by atoms with Gasteiger partial charge in [0.25, 0.3) is 0 Å². The third kappa shape index (κ3) is 1.93. The average molecular weight is 293 g/mol. The Morgan fingerprint density at radius 1 is 1.12 bits per heavy atom. The Morgan fingerprint density at radius 2 is 2.00 bits per heavy atom. The van der Waals surface area contributed by atoms with E-state index in [4.69, 9.17) is 4.42 Å². The zero-order valence-electron chi connectivity index (χ0n) is 8.44. The van der Waals surface area contributed by atoms with Crippen molar-refractivity contribution >= 4 is 38.2 Å². The molecule has 16 heavy (non-hydrogen) atoms. The number of rotatable bonds is 2. The van der Waals surface area contributed by atoms with Crippen molar-refractivity contribution in [1.29, 1.82) is 0 Å². The Labute approximate surface area is 106 Å². The average Bonchev–Trinajstić information content (AvgIpc) is 2.84. The summed E-state index contributed by atoms with van der Waals surface area (Å²) in [7, 11) is 0. The van der Waals surface area contributed by atoms with Crippen molar-refractivity contribution in [3.63, 3.8) is 0 Å². The van der Waals surface area contributed by atoms with E-state index in [0.717, 1.165) is 17.8 Å². The lowest BCUT2D eigenvalue weighted by Gasteiger charge is -1.90. The van der Waals surface area contributed by atoms with Crippen LogP contribution in [0.25, 0.3) is 11.0 Å². The summed E-state index contributed by atoms with van der Waals surface area (Å²) >= 11 is 5.22. The zero-order chi connectivity index (χ0) is 11.0. The van der Waals surface area contributed by atoms with Crippen molar-refractivity contribution in [2.24, 2.45) is 0 Å². The van der Waals surface area contributed by atoms with Gasteiger partial charge in [0, 0.05) is 16.7 Å². The Bertz CT molecular complexity index is 590. The van der Waals surface area contributed by atoms with E-state index < -0.39 is 0 Å². The van der Waals surface area contributed by atoms with Gasteiger partial charge in [-0.15, -0.1) is 11.3 Å². The number of furan rings is 1. The first-order valence-electron chi connectivity index (χ1n) is 5.03. The molecule has 0 aliphatic rings. The van der Waals surface area contributed by atoms with Crippen molar-refractivity contribution in [1.82, 2.24) is 0 Å². The highest BCUT2D eigenvalue weighted by Gasteiger charge is 2.05. The molecule has 0 bridgehead atoms. The summed E-state index contributed by atoms with van der Waals surface area (Å²) in [5.41, 5.74) is 0.966. The third-order valence-electron chi connectivity index (χ3n) is 2.45. The number of hydrogen-bond acceptors (Lipinski definition) is 2. The SMILES string of the molecule is Brc1ccc(Cc2cc3ccccc3o2)s1. The number of halogens is 1. The van der Waals surface area contributed by atoms with E-state index in [2.05, 4.69) is 40.2 Å². The van der Waals surface area contributed by atoms with Crippen molar-refractivity contribution in [2.45, 2.75) is 6.42 Å². The van der Waals surface area contributed by atoms with Gasteiger partial charge >= 0.3 is 0 Å². The van der Waals surface area contributed by atoms with Crippen LogP contribution in [0.15, 0.2) is 50.7 Å². The van der Waals surface area contributed by atoms with E-state index in [9.17, 15) is 0 Å². The maximum absolute atomic E-state index is 5.77. The molecular weight excluding hydrogens is 284 g/mol. The molecule has 0 spiro atoms. The second-order valence-electron chi connectivity index (χ2n) is 3.63. The topological polar surface area (TPSA) is 13.1 Å². The lowest BCUT2D eigenvalue weighted by Crippen LogP contribution is -1.78. The van der Waals surface area contributed by atoms with E-state index in [-0.39, 0.29) is 0 Å². The van der Waals surface area contributed by atoms with Crippen molar-refractivity contribution < 1.29 is 4.42 Å². The highest BCUT2D eigenvalue weighted by molar-refractivity contribution is 9.11. The van der Waals surface area contributed by atoms with Gasteiger partial charge in [-0.05, 0) is 40.2 Å². The molecule has 0 N–H and O–H groups in total. The number of thiophene rings is 1. The smallest absolute Gasteiger partial charge is 0.134 e. The maximum Gasteiger partial charge on any atom is 0.134 e. The van der Waals surface area contributed by atoms with Crippen LogP contribution in [-0.4, -0.2) is 0 Å². The first-order valence-corrected chi connectivity index (χ1v) is 6.64. The minimum absolute atomic E-state index is 0.866. The van der Waals surface area contributed by atoms with E-state index in [1.54, 1.807) is 11.3 Å². The lowest BCUT2D eigenvalue weighted by atomic mass is 10.2. The van der Waals surface area contributed by atoms with Crippen LogP contribution in [0.5, 0.6) is 0 Å². The normalized spacial score (nSPS) is 11.1. The monoisotopic (exact) mass is 292 g/mol. The van der Waals surface area contributed by atoms with Gasteiger partial charge in [0.05, 0.1) is 3.79 Å². The quantitative estimate of drug-likeness (QED) is 0.658. The molecular formula is C13H9BrOS.